The quantitative estimate of drug-likeness (QED) is 0.525. The van der Waals surface area contributed by atoms with E-state index in [2.05, 4.69) is 5.32 Å². The minimum Gasteiger partial charge on any atom is -0.491 e. The van der Waals surface area contributed by atoms with Gasteiger partial charge in [-0.2, -0.15) is 0 Å². The fourth-order valence-corrected chi connectivity index (χ4v) is 2.24. The zero-order chi connectivity index (χ0) is 19.9. The minimum absolute atomic E-state index is 0.130. The third-order valence-electron chi connectivity index (χ3n) is 4.15. The van der Waals surface area contributed by atoms with Crippen LogP contribution >= 0.6 is 0 Å². The summed E-state index contributed by atoms with van der Waals surface area (Å²) in [5, 5.41) is 31.1. The van der Waals surface area contributed by atoms with Gasteiger partial charge < -0.3 is 25.4 Å². The minimum atomic E-state index is -2.28. The highest BCUT2D eigenvalue weighted by Gasteiger charge is 2.38. The van der Waals surface area contributed by atoms with Crippen molar-refractivity contribution in [3.63, 3.8) is 0 Å². The zero-order valence-corrected chi connectivity index (χ0v) is 15.0. The standard InChI is InChI=1S/C20H23NO6/c1-20(26,19(24)25)17(22)13-27-16-9-7-14(8-10-16)11-12-21-18(23)15-5-3-2-4-6-15/h2-10,17,22,26H,11-13H2,1H3,(H,21,23)(H,24,25). The van der Waals surface area contributed by atoms with Crippen LogP contribution in [0.5, 0.6) is 5.75 Å². The highest BCUT2D eigenvalue weighted by Crippen LogP contribution is 2.16. The Morgan fingerprint density at radius 1 is 1.11 bits per heavy atom. The average molecular weight is 373 g/mol. The van der Waals surface area contributed by atoms with Crippen LogP contribution in [0.3, 0.4) is 0 Å². The summed E-state index contributed by atoms with van der Waals surface area (Å²) in [6.45, 7) is 1.14. The summed E-state index contributed by atoms with van der Waals surface area (Å²) in [4.78, 5) is 22.8. The molecular formula is C20H23NO6. The van der Waals surface area contributed by atoms with Gasteiger partial charge in [0.15, 0.2) is 5.60 Å². The zero-order valence-electron chi connectivity index (χ0n) is 15.0. The predicted molar refractivity (Wildman–Crippen MR) is 98.7 cm³/mol. The van der Waals surface area contributed by atoms with Crippen LogP contribution in [0.25, 0.3) is 0 Å². The number of aliphatic hydroxyl groups excluding tert-OH is 1. The molecule has 0 bridgehead atoms. The molecule has 0 aliphatic carbocycles. The molecule has 27 heavy (non-hydrogen) atoms. The van der Waals surface area contributed by atoms with Gasteiger partial charge in [0.1, 0.15) is 18.5 Å². The summed E-state index contributed by atoms with van der Waals surface area (Å²) >= 11 is 0. The highest BCUT2D eigenvalue weighted by molar-refractivity contribution is 5.94. The van der Waals surface area contributed by atoms with Crippen LogP contribution in [0.1, 0.15) is 22.8 Å². The number of nitrogens with one attached hydrogen (secondary N) is 1. The van der Waals surface area contributed by atoms with Gasteiger partial charge in [-0.1, -0.05) is 30.3 Å². The first-order chi connectivity index (χ1) is 12.8. The molecule has 7 heteroatoms. The molecule has 144 valence electrons. The van der Waals surface area contributed by atoms with Crippen molar-refractivity contribution in [2.45, 2.75) is 25.0 Å². The molecule has 0 saturated carbocycles. The molecule has 0 aliphatic heterocycles. The molecule has 0 heterocycles. The van der Waals surface area contributed by atoms with E-state index in [1.54, 1.807) is 36.4 Å². The van der Waals surface area contributed by atoms with Crippen LogP contribution in [0.2, 0.25) is 0 Å². The molecule has 0 saturated heterocycles. The lowest BCUT2D eigenvalue weighted by atomic mass is 10.0. The predicted octanol–water partition coefficient (Wildman–Crippen LogP) is 1.23. The van der Waals surface area contributed by atoms with Gasteiger partial charge in [0.05, 0.1) is 0 Å². The Bertz CT molecular complexity index is 758. The molecule has 4 N–H and O–H groups in total. The number of carboxylic acids is 1. The maximum absolute atomic E-state index is 11.9. The van der Waals surface area contributed by atoms with Crippen LogP contribution in [0.15, 0.2) is 54.6 Å². The van der Waals surface area contributed by atoms with Crippen LogP contribution < -0.4 is 10.1 Å². The van der Waals surface area contributed by atoms with E-state index < -0.39 is 17.7 Å². The molecule has 2 rings (SSSR count). The summed E-state index contributed by atoms with van der Waals surface area (Å²) in [6.07, 6.45) is -0.933. The SMILES string of the molecule is CC(O)(C(=O)O)C(O)COc1ccc(CCNC(=O)c2ccccc2)cc1. The van der Waals surface area contributed by atoms with E-state index in [-0.39, 0.29) is 12.5 Å². The summed E-state index contributed by atoms with van der Waals surface area (Å²) in [5.41, 5.74) is -0.692. The second-order valence-corrected chi connectivity index (χ2v) is 6.30. The molecule has 0 fully saturated rings. The lowest BCUT2D eigenvalue weighted by Crippen LogP contribution is -2.49. The molecule has 2 aromatic rings. The molecule has 2 atom stereocenters. The first-order valence-electron chi connectivity index (χ1n) is 8.49. The topological polar surface area (TPSA) is 116 Å². The fraction of sp³-hybridized carbons (Fsp3) is 0.300. The highest BCUT2D eigenvalue weighted by atomic mass is 16.5. The van der Waals surface area contributed by atoms with Gasteiger partial charge in [0, 0.05) is 12.1 Å². The number of hydrogen-bond acceptors (Lipinski definition) is 5. The van der Waals surface area contributed by atoms with Gasteiger partial charge in [-0.3, -0.25) is 4.79 Å². The van der Waals surface area contributed by atoms with Gasteiger partial charge in [-0.05, 0) is 43.2 Å². The molecule has 1 amide bonds. The Kier molecular flexibility index (Phi) is 6.92. The fourth-order valence-electron chi connectivity index (χ4n) is 2.24. The summed E-state index contributed by atoms with van der Waals surface area (Å²) in [7, 11) is 0. The van der Waals surface area contributed by atoms with E-state index in [1.807, 2.05) is 18.2 Å². The Labute approximate surface area is 157 Å². The third kappa shape index (κ3) is 5.80. The Hall–Kier alpha value is -2.90. The van der Waals surface area contributed by atoms with Crippen LogP contribution in [0, 0.1) is 0 Å². The van der Waals surface area contributed by atoms with Gasteiger partial charge in [0.25, 0.3) is 5.91 Å². The molecule has 0 radical (unpaired) electrons. The van der Waals surface area contributed by atoms with E-state index in [0.717, 1.165) is 12.5 Å². The normalized spacial score (nSPS) is 14.0. The number of aliphatic carboxylic acids is 1. The number of rotatable bonds is 9. The second kappa shape index (κ2) is 9.16. The van der Waals surface area contributed by atoms with Crippen molar-refractivity contribution in [1.29, 1.82) is 0 Å². The van der Waals surface area contributed by atoms with Crippen molar-refractivity contribution in [2.75, 3.05) is 13.2 Å². The summed E-state index contributed by atoms with van der Waals surface area (Å²) < 4.78 is 5.32. The van der Waals surface area contributed by atoms with Crippen molar-refractivity contribution >= 4 is 11.9 Å². The number of benzene rings is 2. The third-order valence-corrected chi connectivity index (χ3v) is 4.15. The molecule has 0 aromatic heterocycles. The molecule has 2 unspecified atom stereocenters. The maximum Gasteiger partial charge on any atom is 0.338 e. The van der Waals surface area contributed by atoms with Crippen molar-refractivity contribution < 1.29 is 29.6 Å². The number of carboxylic acid groups (broad SMARTS) is 1. The number of hydrogen-bond donors (Lipinski definition) is 4. The Morgan fingerprint density at radius 2 is 1.74 bits per heavy atom. The van der Waals surface area contributed by atoms with Crippen LogP contribution in [-0.2, 0) is 11.2 Å². The lowest BCUT2D eigenvalue weighted by Gasteiger charge is -2.24. The van der Waals surface area contributed by atoms with Crippen molar-refractivity contribution in [2.24, 2.45) is 0 Å². The van der Waals surface area contributed by atoms with Crippen molar-refractivity contribution in [3.8, 4) is 5.75 Å². The first-order valence-corrected chi connectivity index (χ1v) is 8.49. The average Bonchev–Trinajstić information content (AvgIpc) is 2.67. The van der Waals surface area contributed by atoms with E-state index >= 15 is 0 Å². The Balaban J connectivity index is 1.78. The van der Waals surface area contributed by atoms with E-state index in [0.29, 0.717) is 24.3 Å². The van der Waals surface area contributed by atoms with E-state index in [9.17, 15) is 19.8 Å². The monoisotopic (exact) mass is 373 g/mol. The van der Waals surface area contributed by atoms with Gasteiger partial charge in [-0.15, -0.1) is 0 Å². The maximum atomic E-state index is 11.9. The van der Waals surface area contributed by atoms with Crippen molar-refractivity contribution in [3.05, 3.63) is 65.7 Å². The largest absolute Gasteiger partial charge is 0.491 e. The molecule has 7 nitrogen and oxygen atoms in total. The van der Waals surface area contributed by atoms with Gasteiger partial charge >= 0.3 is 5.97 Å². The molecular weight excluding hydrogens is 350 g/mol. The van der Waals surface area contributed by atoms with Gasteiger partial charge in [0.2, 0.25) is 0 Å². The van der Waals surface area contributed by atoms with E-state index in [1.165, 1.54) is 0 Å². The molecule has 0 aliphatic rings. The van der Waals surface area contributed by atoms with Crippen molar-refractivity contribution in [1.82, 2.24) is 5.32 Å². The Morgan fingerprint density at radius 3 is 2.33 bits per heavy atom. The number of amides is 1. The lowest BCUT2D eigenvalue weighted by molar-refractivity contribution is -0.170. The second-order valence-electron chi connectivity index (χ2n) is 6.30. The van der Waals surface area contributed by atoms with Gasteiger partial charge in [-0.25, -0.2) is 4.79 Å². The number of ether oxygens (including phenoxy) is 1. The number of aliphatic hydroxyl groups is 2. The summed E-state index contributed by atoms with van der Waals surface area (Å²) in [6, 6.07) is 15.9. The summed E-state index contributed by atoms with van der Waals surface area (Å²) in [5.74, 6) is -1.21. The smallest absolute Gasteiger partial charge is 0.338 e. The number of carbonyl (C=O) groups excluding carboxylic acids is 1. The van der Waals surface area contributed by atoms with Crippen LogP contribution in [-0.4, -0.2) is 52.1 Å². The van der Waals surface area contributed by atoms with E-state index in [4.69, 9.17) is 9.84 Å². The molecule has 2 aromatic carbocycles. The van der Waals surface area contributed by atoms with Crippen LogP contribution in [0.4, 0.5) is 0 Å². The number of carbonyl (C=O) groups is 2. The molecule has 0 spiro atoms. The first kappa shape index (κ1) is 20.4.